The molecule has 8 aromatic rings. The molecule has 46 heavy (non-hydrogen) atoms. The van der Waals surface area contributed by atoms with Crippen LogP contribution in [0.1, 0.15) is 22.3 Å². The van der Waals surface area contributed by atoms with Gasteiger partial charge in [0.05, 0.1) is 5.41 Å². The molecular weight excluding hydrogens is 642 g/mol. The maximum atomic E-state index is 3.62. The number of para-hydroxylation sites is 1. The number of benzene rings is 7. The molecule has 1 aromatic heterocycles. The Morgan fingerprint density at radius 1 is 0.435 bits per heavy atom. The number of halogens is 1. The highest BCUT2D eigenvalue weighted by molar-refractivity contribution is 9.10. The summed E-state index contributed by atoms with van der Waals surface area (Å²) < 4.78 is 3.73. The van der Waals surface area contributed by atoms with Gasteiger partial charge in [0, 0.05) is 41.7 Å². The molecular formula is C43H28BrNS. The van der Waals surface area contributed by atoms with Crippen molar-refractivity contribution in [2.75, 3.05) is 4.90 Å². The lowest BCUT2D eigenvalue weighted by Gasteiger charge is -2.35. The maximum Gasteiger partial charge on any atom is 0.0727 e. The predicted molar refractivity (Wildman–Crippen MR) is 199 cm³/mol. The molecule has 0 aliphatic heterocycles. The second kappa shape index (κ2) is 10.8. The number of anilines is 3. The van der Waals surface area contributed by atoms with Crippen LogP contribution in [-0.2, 0) is 5.41 Å². The number of fused-ring (bicyclic) bond motifs is 6. The molecule has 0 N–H and O–H groups in total. The van der Waals surface area contributed by atoms with Crippen molar-refractivity contribution in [1.82, 2.24) is 0 Å². The van der Waals surface area contributed by atoms with Gasteiger partial charge in [0.2, 0.25) is 0 Å². The van der Waals surface area contributed by atoms with Crippen LogP contribution in [0.15, 0.2) is 174 Å². The average Bonchev–Trinajstić information content (AvgIpc) is 3.64. The van der Waals surface area contributed by atoms with Crippen LogP contribution in [0, 0.1) is 0 Å². The van der Waals surface area contributed by atoms with Gasteiger partial charge in [-0.1, -0.05) is 131 Å². The van der Waals surface area contributed by atoms with Crippen LogP contribution in [0.5, 0.6) is 0 Å². The van der Waals surface area contributed by atoms with E-state index in [0.717, 1.165) is 21.5 Å². The Bertz CT molecular complexity index is 2330. The first-order valence-electron chi connectivity index (χ1n) is 15.5. The van der Waals surface area contributed by atoms with Crippen LogP contribution in [0.2, 0.25) is 0 Å². The number of hydrogen-bond acceptors (Lipinski definition) is 2. The Morgan fingerprint density at radius 2 is 0.957 bits per heavy atom. The third-order valence-corrected chi connectivity index (χ3v) is 11.2. The maximum absolute atomic E-state index is 3.62. The molecule has 0 fully saturated rings. The van der Waals surface area contributed by atoms with Crippen molar-refractivity contribution in [2.24, 2.45) is 0 Å². The minimum atomic E-state index is -0.471. The van der Waals surface area contributed by atoms with Crippen molar-refractivity contribution in [3.63, 3.8) is 0 Å². The van der Waals surface area contributed by atoms with Gasteiger partial charge in [0.25, 0.3) is 0 Å². The summed E-state index contributed by atoms with van der Waals surface area (Å²) >= 11 is 5.53. The summed E-state index contributed by atoms with van der Waals surface area (Å²) in [6.07, 6.45) is 0. The third-order valence-electron chi connectivity index (χ3n) is 9.42. The van der Waals surface area contributed by atoms with Crippen molar-refractivity contribution >= 4 is 64.5 Å². The lowest BCUT2D eigenvalue weighted by atomic mass is 9.67. The lowest BCUT2D eigenvalue weighted by molar-refractivity contribution is 0.778. The second-order valence-corrected chi connectivity index (χ2v) is 13.8. The van der Waals surface area contributed by atoms with Crippen LogP contribution >= 0.6 is 27.3 Å². The lowest BCUT2D eigenvalue weighted by Crippen LogP contribution is -2.28. The van der Waals surface area contributed by atoms with Gasteiger partial charge in [0.1, 0.15) is 0 Å². The SMILES string of the molecule is Brc1ccc(N(c2ccccc2)c2ccc(C3(c4cccc5c4sc4ccccc45)c4ccccc4-c4ccccc43)cc2)cc1. The highest BCUT2D eigenvalue weighted by Gasteiger charge is 2.47. The van der Waals surface area contributed by atoms with E-state index in [2.05, 4.69) is 191 Å². The van der Waals surface area contributed by atoms with E-state index >= 15 is 0 Å². The number of hydrogen-bond donors (Lipinski definition) is 0. The van der Waals surface area contributed by atoms with E-state index in [0.29, 0.717) is 0 Å². The van der Waals surface area contributed by atoms with Gasteiger partial charge < -0.3 is 4.90 Å². The summed E-state index contributed by atoms with van der Waals surface area (Å²) in [5, 5.41) is 2.64. The fourth-order valence-electron chi connectivity index (χ4n) is 7.51. The zero-order valence-corrected chi connectivity index (χ0v) is 27.3. The standard InChI is InChI=1S/C43H28BrNS/c44-30-23-27-33(28-24-30)45(31-11-2-1-3-12-31)32-25-21-29(22-26-32)43(38-17-7-4-13-34(38)35-14-5-8-18-39(35)43)40-19-10-16-37-36-15-6-9-20-41(36)46-42(37)40/h1-28H. The Kier molecular flexibility index (Phi) is 6.45. The van der Waals surface area contributed by atoms with Crippen molar-refractivity contribution in [1.29, 1.82) is 0 Å². The van der Waals surface area contributed by atoms with Crippen LogP contribution in [-0.4, -0.2) is 0 Å². The first-order valence-corrected chi connectivity index (χ1v) is 17.2. The van der Waals surface area contributed by atoms with Gasteiger partial charge in [0.15, 0.2) is 0 Å². The molecule has 1 nitrogen and oxygen atoms in total. The minimum Gasteiger partial charge on any atom is -0.311 e. The van der Waals surface area contributed by atoms with E-state index < -0.39 is 5.41 Å². The molecule has 0 saturated carbocycles. The molecule has 1 aliphatic carbocycles. The first-order chi connectivity index (χ1) is 22.7. The molecule has 1 aliphatic rings. The number of nitrogens with zero attached hydrogens (tertiary/aromatic N) is 1. The molecule has 7 aromatic carbocycles. The number of rotatable bonds is 5. The molecule has 1 heterocycles. The predicted octanol–water partition coefficient (Wildman–Crippen LogP) is 12.6. The molecule has 0 unspecified atom stereocenters. The van der Waals surface area contributed by atoms with E-state index in [4.69, 9.17) is 0 Å². The molecule has 218 valence electrons. The largest absolute Gasteiger partial charge is 0.311 e. The Labute approximate surface area is 281 Å². The summed E-state index contributed by atoms with van der Waals surface area (Å²) in [5.74, 6) is 0. The Morgan fingerprint density at radius 3 is 1.65 bits per heavy atom. The second-order valence-electron chi connectivity index (χ2n) is 11.8. The Hall–Kier alpha value is -4.96. The van der Waals surface area contributed by atoms with Gasteiger partial charge >= 0.3 is 0 Å². The van der Waals surface area contributed by atoms with E-state index in [1.165, 1.54) is 53.6 Å². The minimum absolute atomic E-state index is 0.471. The zero-order valence-electron chi connectivity index (χ0n) is 24.9. The topological polar surface area (TPSA) is 3.24 Å². The molecule has 0 amide bonds. The van der Waals surface area contributed by atoms with E-state index in [1.54, 1.807) is 0 Å². The fraction of sp³-hybridized carbons (Fsp3) is 0.0233. The molecule has 0 bridgehead atoms. The first kappa shape index (κ1) is 27.4. The van der Waals surface area contributed by atoms with E-state index in [9.17, 15) is 0 Å². The quantitative estimate of drug-likeness (QED) is 0.176. The van der Waals surface area contributed by atoms with Crippen molar-refractivity contribution in [3.05, 3.63) is 197 Å². The Balaban J connectivity index is 1.32. The summed E-state index contributed by atoms with van der Waals surface area (Å²) in [7, 11) is 0. The fourth-order valence-corrected chi connectivity index (χ4v) is 9.05. The summed E-state index contributed by atoms with van der Waals surface area (Å²) in [6.45, 7) is 0. The monoisotopic (exact) mass is 669 g/mol. The molecule has 0 radical (unpaired) electrons. The number of thiophene rings is 1. The average molecular weight is 671 g/mol. The highest BCUT2D eigenvalue weighted by Crippen LogP contribution is 2.58. The van der Waals surface area contributed by atoms with Gasteiger partial charge in [-0.25, -0.2) is 0 Å². The molecule has 9 rings (SSSR count). The summed E-state index contributed by atoms with van der Waals surface area (Å²) in [5.41, 5.74) is 10.8. The van der Waals surface area contributed by atoms with Crippen LogP contribution in [0.3, 0.4) is 0 Å². The van der Waals surface area contributed by atoms with Gasteiger partial charge in [-0.05, 0) is 88.0 Å². The van der Waals surface area contributed by atoms with Crippen molar-refractivity contribution in [2.45, 2.75) is 5.41 Å². The van der Waals surface area contributed by atoms with Crippen LogP contribution < -0.4 is 4.90 Å². The smallest absolute Gasteiger partial charge is 0.0727 e. The van der Waals surface area contributed by atoms with Crippen molar-refractivity contribution < 1.29 is 0 Å². The third kappa shape index (κ3) is 4.05. The molecule has 0 atom stereocenters. The van der Waals surface area contributed by atoms with Gasteiger partial charge in [-0.2, -0.15) is 0 Å². The van der Waals surface area contributed by atoms with E-state index in [1.807, 2.05) is 11.3 Å². The van der Waals surface area contributed by atoms with E-state index in [-0.39, 0.29) is 0 Å². The molecule has 0 spiro atoms. The normalized spacial score (nSPS) is 13.1. The zero-order chi connectivity index (χ0) is 30.7. The summed E-state index contributed by atoms with van der Waals surface area (Å²) in [6, 6.07) is 62.2. The van der Waals surface area contributed by atoms with Gasteiger partial charge in [-0.3, -0.25) is 0 Å². The van der Waals surface area contributed by atoms with Gasteiger partial charge in [-0.15, -0.1) is 11.3 Å². The van der Waals surface area contributed by atoms with Crippen LogP contribution in [0.25, 0.3) is 31.3 Å². The highest BCUT2D eigenvalue weighted by atomic mass is 79.9. The van der Waals surface area contributed by atoms with Crippen molar-refractivity contribution in [3.8, 4) is 11.1 Å². The molecule has 3 heteroatoms. The molecule has 0 saturated heterocycles. The summed E-state index contributed by atoms with van der Waals surface area (Å²) in [4.78, 5) is 2.33. The van der Waals surface area contributed by atoms with Crippen LogP contribution in [0.4, 0.5) is 17.1 Å².